The number of hydrogen-bond donors (Lipinski definition) is 2. The summed E-state index contributed by atoms with van der Waals surface area (Å²) in [6, 6.07) is 24.7. The van der Waals surface area contributed by atoms with E-state index < -0.39 is 44.1 Å². The molecule has 3 aromatic carbocycles. The zero-order valence-corrected chi connectivity index (χ0v) is 20.0. The lowest BCUT2D eigenvalue weighted by molar-refractivity contribution is -0.174. The summed E-state index contributed by atoms with van der Waals surface area (Å²) in [7, 11) is -4.38. The SMILES string of the molecule is O=C(N[C@@H]1CC[C@H](O)[C@@H](S(=O)(=O)C(c2ccccc2)(c2ccccc2)c2ccccc2)C1)C(F)(F)F. The minimum absolute atomic E-state index is 0.0318. The average Bonchev–Trinajstić information content (AvgIpc) is 2.87. The first-order valence-corrected chi connectivity index (χ1v) is 13.1. The van der Waals surface area contributed by atoms with Crippen LogP contribution >= 0.6 is 0 Å². The van der Waals surface area contributed by atoms with E-state index in [4.69, 9.17) is 0 Å². The van der Waals surface area contributed by atoms with Crippen LogP contribution in [0, 0.1) is 0 Å². The Bertz CT molecular complexity index is 1190. The Morgan fingerprint density at radius 1 is 0.778 bits per heavy atom. The number of amides is 1. The molecule has 2 N–H and O–H groups in total. The van der Waals surface area contributed by atoms with Crippen LogP contribution in [-0.2, 0) is 19.4 Å². The third-order valence-corrected chi connectivity index (χ3v) is 9.58. The number of carbonyl (C=O) groups excluding carboxylic acids is 1. The second-order valence-corrected chi connectivity index (χ2v) is 11.2. The van der Waals surface area contributed by atoms with Crippen LogP contribution in [0.25, 0.3) is 0 Å². The lowest BCUT2D eigenvalue weighted by Crippen LogP contribution is -2.54. The summed E-state index contributed by atoms with van der Waals surface area (Å²) >= 11 is 0. The molecule has 0 saturated heterocycles. The van der Waals surface area contributed by atoms with Crippen LogP contribution in [0.5, 0.6) is 0 Å². The monoisotopic (exact) mass is 517 g/mol. The minimum Gasteiger partial charge on any atom is -0.392 e. The topological polar surface area (TPSA) is 83.5 Å². The molecule has 0 unspecified atom stereocenters. The summed E-state index contributed by atoms with van der Waals surface area (Å²) in [6.45, 7) is 0. The van der Waals surface area contributed by atoms with Gasteiger partial charge in [-0.3, -0.25) is 4.79 Å². The van der Waals surface area contributed by atoms with E-state index in [0.717, 1.165) is 0 Å². The van der Waals surface area contributed by atoms with Crippen molar-refractivity contribution in [2.75, 3.05) is 0 Å². The zero-order chi connectivity index (χ0) is 26.0. The average molecular weight is 518 g/mol. The first-order chi connectivity index (χ1) is 17.1. The fourth-order valence-electron chi connectivity index (χ4n) is 5.08. The Morgan fingerprint density at radius 3 is 1.58 bits per heavy atom. The van der Waals surface area contributed by atoms with Crippen LogP contribution in [0.15, 0.2) is 91.0 Å². The quantitative estimate of drug-likeness (QED) is 0.476. The third kappa shape index (κ3) is 4.65. The number of hydrogen-bond acceptors (Lipinski definition) is 4. The molecule has 190 valence electrons. The van der Waals surface area contributed by atoms with Crippen molar-refractivity contribution >= 4 is 15.7 Å². The van der Waals surface area contributed by atoms with Gasteiger partial charge >= 0.3 is 12.1 Å². The van der Waals surface area contributed by atoms with E-state index in [1.54, 1.807) is 91.0 Å². The second-order valence-electron chi connectivity index (χ2n) is 8.91. The molecule has 0 spiro atoms. The third-order valence-electron chi connectivity index (χ3n) is 6.72. The smallest absolute Gasteiger partial charge is 0.392 e. The summed E-state index contributed by atoms with van der Waals surface area (Å²) in [5, 5.41) is 11.4. The van der Waals surface area contributed by atoms with Crippen LogP contribution in [0.1, 0.15) is 36.0 Å². The van der Waals surface area contributed by atoms with Gasteiger partial charge in [0, 0.05) is 6.04 Å². The number of aliphatic hydroxyl groups is 1. The predicted molar refractivity (Wildman–Crippen MR) is 130 cm³/mol. The summed E-state index contributed by atoms with van der Waals surface area (Å²) in [5.74, 6) is -2.12. The maximum atomic E-state index is 14.8. The number of benzene rings is 3. The van der Waals surface area contributed by atoms with Gasteiger partial charge in [-0.05, 0) is 36.0 Å². The number of halogens is 3. The highest BCUT2D eigenvalue weighted by Crippen LogP contribution is 2.48. The number of nitrogens with one attached hydrogen (secondary N) is 1. The van der Waals surface area contributed by atoms with Gasteiger partial charge in [-0.1, -0.05) is 91.0 Å². The molecule has 0 aliphatic heterocycles. The van der Waals surface area contributed by atoms with Crippen molar-refractivity contribution in [2.45, 2.75) is 47.6 Å². The fraction of sp³-hybridized carbons (Fsp3) is 0.296. The lowest BCUT2D eigenvalue weighted by Gasteiger charge is -2.42. The maximum absolute atomic E-state index is 14.8. The zero-order valence-electron chi connectivity index (χ0n) is 19.2. The van der Waals surface area contributed by atoms with Gasteiger partial charge in [-0.2, -0.15) is 13.2 Å². The lowest BCUT2D eigenvalue weighted by atomic mass is 9.84. The molecule has 0 heterocycles. The van der Waals surface area contributed by atoms with E-state index in [-0.39, 0.29) is 19.3 Å². The number of aliphatic hydroxyl groups excluding tert-OH is 1. The highest BCUT2D eigenvalue weighted by Gasteiger charge is 2.55. The number of alkyl halides is 3. The normalized spacial score (nSPS) is 21.1. The van der Waals surface area contributed by atoms with E-state index in [9.17, 15) is 31.5 Å². The Kier molecular flexibility index (Phi) is 7.24. The molecule has 3 atom stereocenters. The van der Waals surface area contributed by atoms with Crippen LogP contribution in [0.3, 0.4) is 0 Å². The maximum Gasteiger partial charge on any atom is 0.471 e. The van der Waals surface area contributed by atoms with Crippen molar-refractivity contribution in [3.63, 3.8) is 0 Å². The number of carbonyl (C=O) groups is 1. The van der Waals surface area contributed by atoms with E-state index in [0.29, 0.717) is 16.7 Å². The molecular formula is C27H26F3NO4S. The molecule has 0 bridgehead atoms. The van der Waals surface area contributed by atoms with Gasteiger partial charge in [-0.25, -0.2) is 8.42 Å². The van der Waals surface area contributed by atoms with Crippen LogP contribution < -0.4 is 5.32 Å². The van der Waals surface area contributed by atoms with Gasteiger partial charge in [0.1, 0.15) is 4.75 Å². The molecule has 9 heteroatoms. The van der Waals surface area contributed by atoms with Gasteiger partial charge in [0.2, 0.25) is 0 Å². The predicted octanol–water partition coefficient (Wildman–Crippen LogP) is 4.35. The van der Waals surface area contributed by atoms with Crippen molar-refractivity contribution < 1.29 is 31.5 Å². The van der Waals surface area contributed by atoms with Crippen molar-refractivity contribution in [1.82, 2.24) is 5.32 Å². The molecule has 1 aliphatic rings. The molecule has 36 heavy (non-hydrogen) atoms. The molecule has 1 amide bonds. The summed E-state index contributed by atoms with van der Waals surface area (Å²) in [5.41, 5.74) is 1.32. The summed E-state index contributed by atoms with van der Waals surface area (Å²) in [4.78, 5) is 11.6. The summed E-state index contributed by atoms with van der Waals surface area (Å²) < 4.78 is 66.4. The van der Waals surface area contributed by atoms with Crippen molar-refractivity contribution in [3.05, 3.63) is 108 Å². The molecule has 0 radical (unpaired) electrons. The molecule has 1 fully saturated rings. The molecule has 4 rings (SSSR count). The molecule has 1 aliphatic carbocycles. The Balaban J connectivity index is 1.91. The number of sulfone groups is 1. The van der Waals surface area contributed by atoms with E-state index >= 15 is 0 Å². The highest BCUT2D eigenvalue weighted by atomic mass is 32.2. The van der Waals surface area contributed by atoms with Crippen LogP contribution in [0.2, 0.25) is 0 Å². The Morgan fingerprint density at radius 2 is 1.19 bits per heavy atom. The van der Waals surface area contributed by atoms with Gasteiger partial charge in [0.15, 0.2) is 9.84 Å². The Hall–Kier alpha value is -3.17. The van der Waals surface area contributed by atoms with Crippen molar-refractivity contribution in [3.8, 4) is 0 Å². The molecule has 3 aromatic rings. The molecule has 5 nitrogen and oxygen atoms in total. The largest absolute Gasteiger partial charge is 0.471 e. The van der Waals surface area contributed by atoms with Gasteiger partial charge in [0.25, 0.3) is 0 Å². The highest BCUT2D eigenvalue weighted by molar-refractivity contribution is 7.93. The van der Waals surface area contributed by atoms with Gasteiger partial charge in [0.05, 0.1) is 11.4 Å². The van der Waals surface area contributed by atoms with Crippen molar-refractivity contribution in [2.24, 2.45) is 0 Å². The first-order valence-electron chi connectivity index (χ1n) is 11.5. The van der Waals surface area contributed by atoms with Crippen LogP contribution in [-0.4, -0.2) is 43.0 Å². The molecular weight excluding hydrogens is 491 g/mol. The van der Waals surface area contributed by atoms with Crippen molar-refractivity contribution in [1.29, 1.82) is 0 Å². The standard InChI is InChI=1S/C27H26F3NO4S/c28-27(29,30)25(33)31-22-16-17-23(32)24(18-22)36(34,35)26(19-10-4-1-5-11-19,20-12-6-2-7-13-20)21-14-8-3-9-15-21/h1-15,22-24,32H,16-18H2,(H,31,33)/t22-,23+,24+/m1/s1. The summed E-state index contributed by atoms with van der Waals surface area (Å²) in [6.07, 6.45) is -6.79. The van der Waals surface area contributed by atoms with Gasteiger partial charge in [-0.15, -0.1) is 0 Å². The van der Waals surface area contributed by atoms with Crippen LogP contribution in [0.4, 0.5) is 13.2 Å². The second kappa shape index (κ2) is 10.1. The first kappa shape index (κ1) is 25.9. The minimum atomic E-state index is -5.09. The number of rotatable bonds is 6. The fourth-order valence-corrected chi connectivity index (χ4v) is 7.97. The van der Waals surface area contributed by atoms with E-state index in [1.807, 2.05) is 5.32 Å². The Labute approximate surface area is 207 Å². The molecule has 1 saturated carbocycles. The van der Waals surface area contributed by atoms with E-state index in [1.165, 1.54) is 0 Å². The van der Waals surface area contributed by atoms with E-state index in [2.05, 4.69) is 0 Å². The van der Waals surface area contributed by atoms with Gasteiger partial charge < -0.3 is 10.4 Å². The molecule has 0 aromatic heterocycles.